The first-order valence-electron chi connectivity index (χ1n) is 7.39. The minimum absolute atomic E-state index is 0.133. The van der Waals surface area contributed by atoms with E-state index in [1.165, 1.54) is 0 Å². The number of pyridine rings is 1. The van der Waals surface area contributed by atoms with Crippen molar-refractivity contribution in [1.29, 1.82) is 5.26 Å². The Labute approximate surface area is 147 Å². The highest BCUT2D eigenvalue weighted by Crippen LogP contribution is 2.44. The van der Waals surface area contributed by atoms with Gasteiger partial charge in [0.15, 0.2) is 5.75 Å². The zero-order valence-corrected chi connectivity index (χ0v) is 14.1. The Morgan fingerprint density at radius 1 is 1.17 bits per heavy atom. The van der Waals surface area contributed by atoms with Crippen LogP contribution in [0.5, 0.6) is 5.75 Å². The molecule has 1 unspecified atom stereocenters. The fourth-order valence-corrected chi connectivity index (χ4v) is 3.50. The van der Waals surface area contributed by atoms with Crippen molar-refractivity contribution in [2.75, 3.05) is 0 Å². The molecule has 0 aliphatic carbocycles. The molecule has 3 aromatic rings. The SMILES string of the molecule is N#CC1=C(N)Oc2c(ccc3cccnc23)C1c1cccc(Br)c1. The van der Waals surface area contributed by atoms with Crippen molar-refractivity contribution in [3.05, 3.63) is 81.8 Å². The fourth-order valence-electron chi connectivity index (χ4n) is 3.08. The number of aromatic nitrogens is 1. The minimum Gasteiger partial charge on any atom is -0.438 e. The van der Waals surface area contributed by atoms with Crippen LogP contribution in [0.1, 0.15) is 17.0 Å². The number of hydrogen-bond donors (Lipinski definition) is 1. The largest absolute Gasteiger partial charge is 0.438 e. The standard InChI is InChI=1S/C19H12BrN3O/c20-13-5-1-3-12(9-13)16-14-7-6-11-4-2-8-23-17(11)18(14)24-19(22)15(16)10-21/h1-9,16H,22H2. The normalized spacial score (nSPS) is 16.4. The number of nitrogens with zero attached hydrogens (tertiary/aromatic N) is 2. The predicted octanol–water partition coefficient (Wildman–Crippen LogP) is 4.22. The molecule has 24 heavy (non-hydrogen) atoms. The molecule has 5 heteroatoms. The van der Waals surface area contributed by atoms with E-state index in [2.05, 4.69) is 27.0 Å². The molecule has 116 valence electrons. The van der Waals surface area contributed by atoms with Gasteiger partial charge in [0.25, 0.3) is 0 Å². The van der Waals surface area contributed by atoms with Crippen LogP contribution >= 0.6 is 15.9 Å². The molecule has 1 atom stereocenters. The van der Waals surface area contributed by atoms with Gasteiger partial charge in [0, 0.05) is 21.6 Å². The average Bonchev–Trinajstić information content (AvgIpc) is 2.60. The number of nitrogens with two attached hydrogens (primary N) is 1. The molecular formula is C19H12BrN3O. The van der Waals surface area contributed by atoms with Crippen LogP contribution in [0.2, 0.25) is 0 Å². The lowest BCUT2D eigenvalue weighted by molar-refractivity contribution is 0.397. The first kappa shape index (κ1) is 14.7. The van der Waals surface area contributed by atoms with Crippen molar-refractivity contribution < 1.29 is 4.74 Å². The third-order valence-corrected chi connectivity index (χ3v) is 4.63. The van der Waals surface area contributed by atoms with Crippen LogP contribution in [0.15, 0.2) is 70.7 Å². The molecule has 0 spiro atoms. The molecule has 1 aliphatic rings. The van der Waals surface area contributed by atoms with Gasteiger partial charge in [-0.15, -0.1) is 0 Å². The second kappa shape index (κ2) is 5.66. The molecule has 4 rings (SSSR count). The summed E-state index contributed by atoms with van der Waals surface area (Å²) < 4.78 is 6.74. The van der Waals surface area contributed by atoms with E-state index in [9.17, 15) is 5.26 Å². The van der Waals surface area contributed by atoms with E-state index < -0.39 is 0 Å². The molecule has 1 aromatic heterocycles. The molecule has 0 saturated carbocycles. The van der Waals surface area contributed by atoms with Crippen molar-refractivity contribution in [1.82, 2.24) is 4.98 Å². The van der Waals surface area contributed by atoms with Crippen LogP contribution in [0.3, 0.4) is 0 Å². The van der Waals surface area contributed by atoms with E-state index >= 15 is 0 Å². The second-order valence-electron chi connectivity index (χ2n) is 5.54. The lowest BCUT2D eigenvalue weighted by atomic mass is 9.83. The first-order chi connectivity index (χ1) is 11.7. The van der Waals surface area contributed by atoms with Crippen molar-refractivity contribution >= 4 is 26.8 Å². The molecule has 0 saturated heterocycles. The van der Waals surface area contributed by atoms with Crippen LogP contribution < -0.4 is 10.5 Å². The summed E-state index contributed by atoms with van der Waals surface area (Å²) >= 11 is 3.49. The summed E-state index contributed by atoms with van der Waals surface area (Å²) in [6, 6.07) is 17.9. The van der Waals surface area contributed by atoms with E-state index in [4.69, 9.17) is 10.5 Å². The van der Waals surface area contributed by atoms with Gasteiger partial charge in [0.05, 0.1) is 5.92 Å². The summed E-state index contributed by atoms with van der Waals surface area (Å²) in [7, 11) is 0. The van der Waals surface area contributed by atoms with E-state index in [1.54, 1.807) is 6.20 Å². The third-order valence-electron chi connectivity index (χ3n) is 4.14. The van der Waals surface area contributed by atoms with Crippen LogP contribution in [-0.2, 0) is 0 Å². The van der Waals surface area contributed by atoms with Gasteiger partial charge in [-0.25, -0.2) is 0 Å². The van der Waals surface area contributed by atoms with Crippen molar-refractivity contribution in [2.45, 2.75) is 5.92 Å². The zero-order valence-electron chi connectivity index (χ0n) is 12.5. The van der Waals surface area contributed by atoms with Gasteiger partial charge in [0.2, 0.25) is 5.88 Å². The number of fused-ring (bicyclic) bond motifs is 3. The monoisotopic (exact) mass is 377 g/mol. The van der Waals surface area contributed by atoms with E-state index in [-0.39, 0.29) is 11.8 Å². The predicted molar refractivity (Wildman–Crippen MR) is 95.2 cm³/mol. The van der Waals surface area contributed by atoms with Gasteiger partial charge >= 0.3 is 0 Å². The molecule has 0 amide bonds. The molecule has 4 nitrogen and oxygen atoms in total. The van der Waals surface area contributed by atoms with Crippen molar-refractivity contribution in [3.8, 4) is 11.8 Å². The van der Waals surface area contributed by atoms with Gasteiger partial charge in [-0.1, -0.05) is 46.3 Å². The maximum Gasteiger partial charge on any atom is 0.205 e. The van der Waals surface area contributed by atoms with Gasteiger partial charge in [-0.05, 0) is 23.8 Å². The number of hydrogen-bond acceptors (Lipinski definition) is 4. The van der Waals surface area contributed by atoms with Crippen LogP contribution in [0.4, 0.5) is 0 Å². The Morgan fingerprint density at radius 2 is 2.04 bits per heavy atom. The number of rotatable bonds is 1. The zero-order chi connectivity index (χ0) is 16.7. The number of halogens is 1. The van der Waals surface area contributed by atoms with E-state index in [0.29, 0.717) is 11.3 Å². The highest BCUT2D eigenvalue weighted by molar-refractivity contribution is 9.10. The van der Waals surface area contributed by atoms with Crippen LogP contribution in [-0.4, -0.2) is 4.98 Å². The molecule has 0 bridgehead atoms. The van der Waals surface area contributed by atoms with Crippen LogP contribution in [0, 0.1) is 11.3 Å². The van der Waals surface area contributed by atoms with Gasteiger partial charge in [0.1, 0.15) is 17.2 Å². The molecule has 0 fully saturated rings. The first-order valence-corrected chi connectivity index (χ1v) is 8.19. The highest BCUT2D eigenvalue weighted by Gasteiger charge is 2.32. The van der Waals surface area contributed by atoms with E-state index in [0.717, 1.165) is 26.5 Å². The van der Waals surface area contributed by atoms with Crippen LogP contribution in [0.25, 0.3) is 10.9 Å². The Kier molecular flexibility index (Phi) is 3.47. The Hall–Kier alpha value is -2.84. The molecule has 1 aliphatic heterocycles. The smallest absolute Gasteiger partial charge is 0.205 e. The number of allylic oxidation sites excluding steroid dienone is 1. The lowest BCUT2D eigenvalue weighted by Crippen LogP contribution is -2.21. The quantitative estimate of drug-likeness (QED) is 0.688. The third kappa shape index (κ3) is 2.24. The maximum absolute atomic E-state index is 9.61. The summed E-state index contributed by atoms with van der Waals surface area (Å²) in [6.45, 7) is 0. The summed E-state index contributed by atoms with van der Waals surface area (Å²) in [4.78, 5) is 4.43. The Bertz CT molecular complexity index is 1040. The molecule has 0 radical (unpaired) electrons. The topological polar surface area (TPSA) is 71.9 Å². The van der Waals surface area contributed by atoms with Gasteiger partial charge in [-0.2, -0.15) is 5.26 Å². The number of nitriles is 1. The summed E-state index contributed by atoms with van der Waals surface area (Å²) in [5.41, 5.74) is 9.08. The fraction of sp³-hybridized carbons (Fsp3) is 0.0526. The van der Waals surface area contributed by atoms with Gasteiger partial charge in [-0.3, -0.25) is 4.98 Å². The van der Waals surface area contributed by atoms with Gasteiger partial charge < -0.3 is 10.5 Å². The Balaban J connectivity index is 2.02. The maximum atomic E-state index is 9.61. The van der Waals surface area contributed by atoms with Crippen molar-refractivity contribution in [3.63, 3.8) is 0 Å². The molecule has 2 aromatic carbocycles. The highest BCUT2D eigenvalue weighted by atomic mass is 79.9. The average molecular weight is 378 g/mol. The second-order valence-corrected chi connectivity index (χ2v) is 6.45. The number of ether oxygens (including phenoxy) is 1. The van der Waals surface area contributed by atoms with Crippen molar-refractivity contribution in [2.24, 2.45) is 5.73 Å². The molecular weight excluding hydrogens is 366 g/mol. The summed E-state index contributed by atoms with van der Waals surface area (Å²) in [5.74, 6) is 0.477. The summed E-state index contributed by atoms with van der Waals surface area (Å²) in [6.07, 6.45) is 1.72. The lowest BCUT2D eigenvalue weighted by Gasteiger charge is -2.27. The Morgan fingerprint density at radius 3 is 2.83 bits per heavy atom. The molecule has 2 N–H and O–H groups in total. The minimum atomic E-state index is -0.275. The summed E-state index contributed by atoms with van der Waals surface area (Å²) in [5, 5.41) is 10.6. The van der Waals surface area contributed by atoms with E-state index in [1.807, 2.05) is 48.5 Å². The number of benzene rings is 2. The molecule has 2 heterocycles.